The maximum Gasteiger partial charge on any atom is 0.147 e. The number of ketones is 1. The Morgan fingerprint density at radius 3 is 2.85 bits per heavy atom. The molecule has 3 heteroatoms. The van der Waals surface area contributed by atoms with Gasteiger partial charge < -0.3 is 0 Å². The molecule has 0 heterocycles. The van der Waals surface area contributed by atoms with Gasteiger partial charge in [-0.2, -0.15) is 0 Å². The van der Waals surface area contributed by atoms with E-state index in [0.717, 1.165) is 5.56 Å². The van der Waals surface area contributed by atoms with Crippen molar-refractivity contribution in [3.8, 4) is 0 Å². The average molecular weight is 245 g/mol. The molecule has 0 aliphatic carbocycles. The summed E-state index contributed by atoms with van der Waals surface area (Å²) in [5.74, 6) is -0.187. The van der Waals surface area contributed by atoms with Crippen LogP contribution in [0.3, 0.4) is 0 Å². The van der Waals surface area contributed by atoms with Gasteiger partial charge in [0.2, 0.25) is 0 Å². The van der Waals surface area contributed by atoms with Gasteiger partial charge >= 0.3 is 0 Å². The largest absolute Gasteiger partial charge is 0.298 e. The minimum absolute atomic E-state index is 0.0636. The molecular weight excluding hydrogens is 235 g/mol. The lowest BCUT2D eigenvalue weighted by Gasteiger charge is -2.03. The SMILES string of the molecule is Cc1c(F)cccc1CC(=O)CBr. The van der Waals surface area contributed by atoms with E-state index in [2.05, 4.69) is 15.9 Å². The Morgan fingerprint density at radius 2 is 2.23 bits per heavy atom. The van der Waals surface area contributed by atoms with Gasteiger partial charge in [-0.1, -0.05) is 28.1 Å². The molecule has 0 unspecified atom stereocenters. The van der Waals surface area contributed by atoms with Crippen LogP contribution in [0.5, 0.6) is 0 Å². The molecular formula is C10H10BrFO. The van der Waals surface area contributed by atoms with Crippen molar-refractivity contribution in [2.45, 2.75) is 13.3 Å². The van der Waals surface area contributed by atoms with Crippen molar-refractivity contribution in [3.05, 3.63) is 35.1 Å². The molecule has 1 aromatic carbocycles. The Hall–Kier alpha value is -0.700. The number of hydrogen-bond donors (Lipinski definition) is 0. The molecule has 70 valence electrons. The van der Waals surface area contributed by atoms with Gasteiger partial charge in [-0.15, -0.1) is 0 Å². The maximum atomic E-state index is 13.0. The molecule has 1 aromatic rings. The van der Waals surface area contributed by atoms with Crippen LogP contribution in [-0.2, 0) is 11.2 Å². The number of rotatable bonds is 3. The third-order valence-electron chi connectivity index (χ3n) is 1.92. The van der Waals surface area contributed by atoms with Gasteiger partial charge in [0.15, 0.2) is 0 Å². The number of halogens is 2. The summed E-state index contributed by atoms with van der Waals surface area (Å²) in [6, 6.07) is 4.80. The van der Waals surface area contributed by atoms with Crippen LogP contribution in [0.2, 0.25) is 0 Å². The second kappa shape index (κ2) is 4.51. The van der Waals surface area contributed by atoms with Crippen molar-refractivity contribution < 1.29 is 9.18 Å². The average Bonchev–Trinajstić information content (AvgIpc) is 2.13. The molecule has 0 N–H and O–H groups in total. The van der Waals surface area contributed by atoms with Gasteiger partial charge in [-0.05, 0) is 24.1 Å². The van der Waals surface area contributed by atoms with Crippen LogP contribution < -0.4 is 0 Å². The highest BCUT2D eigenvalue weighted by molar-refractivity contribution is 9.09. The second-order valence-electron chi connectivity index (χ2n) is 2.87. The first-order valence-corrected chi connectivity index (χ1v) is 5.09. The molecule has 13 heavy (non-hydrogen) atoms. The molecule has 0 amide bonds. The summed E-state index contributed by atoms with van der Waals surface area (Å²) in [5.41, 5.74) is 1.33. The topological polar surface area (TPSA) is 17.1 Å². The molecule has 0 saturated heterocycles. The molecule has 0 radical (unpaired) electrons. The first kappa shape index (κ1) is 10.4. The first-order chi connectivity index (χ1) is 6.15. The lowest BCUT2D eigenvalue weighted by Crippen LogP contribution is -2.05. The van der Waals surface area contributed by atoms with Gasteiger partial charge in [0.05, 0.1) is 5.33 Å². The van der Waals surface area contributed by atoms with Crippen molar-refractivity contribution in [2.24, 2.45) is 0 Å². The quantitative estimate of drug-likeness (QED) is 0.748. The highest BCUT2D eigenvalue weighted by atomic mass is 79.9. The number of hydrogen-bond acceptors (Lipinski definition) is 1. The Balaban J connectivity index is 2.89. The van der Waals surface area contributed by atoms with Gasteiger partial charge in [0, 0.05) is 6.42 Å². The van der Waals surface area contributed by atoms with Gasteiger partial charge in [-0.25, -0.2) is 4.39 Å². The van der Waals surface area contributed by atoms with Crippen LogP contribution in [0.15, 0.2) is 18.2 Å². The zero-order valence-corrected chi connectivity index (χ0v) is 8.90. The van der Waals surface area contributed by atoms with Crippen molar-refractivity contribution in [2.75, 3.05) is 5.33 Å². The molecule has 0 spiro atoms. The van der Waals surface area contributed by atoms with Gasteiger partial charge in [0.25, 0.3) is 0 Å². The summed E-state index contributed by atoms with van der Waals surface area (Å²) >= 11 is 3.07. The summed E-state index contributed by atoms with van der Waals surface area (Å²) in [6.45, 7) is 1.69. The number of carbonyl (C=O) groups is 1. The van der Waals surface area contributed by atoms with Crippen LogP contribution in [0, 0.1) is 12.7 Å². The third-order valence-corrected chi connectivity index (χ3v) is 2.54. The monoisotopic (exact) mass is 244 g/mol. The van der Waals surface area contributed by atoms with E-state index in [0.29, 0.717) is 17.3 Å². The molecule has 1 rings (SSSR count). The molecule has 0 atom stereocenters. The zero-order valence-electron chi connectivity index (χ0n) is 7.31. The second-order valence-corrected chi connectivity index (χ2v) is 3.43. The van der Waals surface area contributed by atoms with Gasteiger partial charge in [-0.3, -0.25) is 4.79 Å². The molecule has 1 nitrogen and oxygen atoms in total. The summed E-state index contributed by atoms with van der Waals surface area (Å²) < 4.78 is 13.0. The van der Waals surface area contributed by atoms with E-state index >= 15 is 0 Å². The van der Waals surface area contributed by atoms with Crippen LogP contribution in [0.4, 0.5) is 4.39 Å². The fourth-order valence-corrected chi connectivity index (χ4v) is 1.30. The predicted octanol–water partition coefficient (Wildman–Crippen LogP) is 2.64. The smallest absolute Gasteiger partial charge is 0.147 e. The first-order valence-electron chi connectivity index (χ1n) is 3.97. The molecule has 0 aromatic heterocycles. The summed E-state index contributed by atoms with van der Waals surface area (Å²) in [4.78, 5) is 11.1. The van der Waals surface area contributed by atoms with Crippen LogP contribution in [0.1, 0.15) is 11.1 Å². The summed E-state index contributed by atoms with van der Waals surface area (Å²) in [5, 5.41) is 0.322. The highest BCUT2D eigenvalue weighted by Crippen LogP contribution is 2.13. The minimum Gasteiger partial charge on any atom is -0.298 e. The van der Waals surface area contributed by atoms with Crippen molar-refractivity contribution in [1.82, 2.24) is 0 Å². The van der Waals surface area contributed by atoms with E-state index < -0.39 is 0 Å². The maximum absolute atomic E-state index is 13.0. The van der Waals surface area contributed by atoms with E-state index in [1.54, 1.807) is 19.1 Å². The van der Waals surface area contributed by atoms with Crippen LogP contribution in [0.25, 0.3) is 0 Å². The Kier molecular flexibility index (Phi) is 3.60. The van der Waals surface area contributed by atoms with E-state index in [1.807, 2.05) is 0 Å². The number of Topliss-reactive ketones (excluding diaryl/α,β-unsaturated/α-hetero) is 1. The predicted molar refractivity (Wildman–Crippen MR) is 53.6 cm³/mol. The summed E-state index contributed by atoms with van der Waals surface area (Å²) in [7, 11) is 0. The fourth-order valence-electron chi connectivity index (χ4n) is 1.10. The number of alkyl halides is 1. The standard InChI is InChI=1S/C10H10BrFO/c1-7-8(5-9(13)6-11)3-2-4-10(7)12/h2-4H,5-6H2,1H3. The normalized spacial score (nSPS) is 10.1. The Morgan fingerprint density at radius 1 is 1.54 bits per heavy atom. The Labute approximate surface area is 85.1 Å². The molecule has 0 fully saturated rings. The zero-order chi connectivity index (χ0) is 9.84. The lowest BCUT2D eigenvalue weighted by atomic mass is 10.0. The third kappa shape index (κ3) is 2.62. The molecule has 0 bridgehead atoms. The van der Waals surface area contributed by atoms with Crippen molar-refractivity contribution >= 4 is 21.7 Å². The molecule has 0 aliphatic rings. The van der Waals surface area contributed by atoms with E-state index in [9.17, 15) is 9.18 Å². The minimum atomic E-state index is -0.250. The van der Waals surface area contributed by atoms with E-state index in [-0.39, 0.29) is 11.6 Å². The van der Waals surface area contributed by atoms with Crippen molar-refractivity contribution in [1.29, 1.82) is 0 Å². The Bertz CT molecular complexity index is 323. The van der Waals surface area contributed by atoms with Crippen molar-refractivity contribution in [3.63, 3.8) is 0 Å². The van der Waals surface area contributed by atoms with Crippen LogP contribution in [-0.4, -0.2) is 11.1 Å². The molecule has 0 aliphatic heterocycles. The highest BCUT2D eigenvalue weighted by Gasteiger charge is 2.06. The number of carbonyl (C=O) groups excluding carboxylic acids is 1. The van der Waals surface area contributed by atoms with E-state index in [1.165, 1.54) is 6.07 Å². The van der Waals surface area contributed by atoms with Gasteiger partial charge in [0.1, 0.15) is 11.6 Å². The lowest BCUT2D eigenvalue weighted by molar-refractivity contribution is -0.115. The fraction of sp³-hybridized carbons (Fsp3) is 0.300. The number of benzene rings is 1. The van der Waals surface area contributed by atoms with E-state index in [4.69, 9.17) is 0 Å². The summed E-state index contributed by atoms with van der Waals surface area (Å²) in [6.07, 6.45) is 0.300. The molecule has 0 saturated carbocycles. The van der Waals surface area contributed by atoms with Crippen LogP contribution >= 0.6 is 15.9 Å².